The first-order chi connectivity index (χ1) is 42.0. The van der Waals surface area contributed by atoms with Gasteiger partial charge in [-0.1, -0.05) is 0 Å². The third-order valence-electron chi connectivity index (χ3n) is 15.8. The topological polar surface area (TPSA) is 612 Å². The number of amides is 4. The van der Waals surface area contributed by atoms with Crippen LogP contribution in [0.15, 0.2) is 0 Å². The lowest BCUT2D eigenvalue weighted by Crippen LogP contribution is -2.70. The van der Waals surface area contributed by atoms with E-state index in [0.717, 1.165) is 27.7 Å². The number of nitrogens with one attached hydrogen (secondary N) is 4. The van der Waals surface area contributed by atoms with E-state index in [1.54, 1.807) is 0 Å². The molecule has 6 fully saturated rings. The Labute approximate surface area is 506 Å². The lowest BCUT2D eigenvalue weighted by molar-refractivity contribution is -0.398. The highest BCUT2D eigenvalue weighted by Crippen LogP contribution is 2.37. The van der Waals surface area contributed by atoms with Gasteiger partial charge >= 0.3 is 0 Å². The second kappa shape index (κ2) is 33.2. The molecular weight excluding hydrogens is 1220 g/mol. The molecule has 0 unspecified atom stereocenters. The Hall–Kier alpha value is -3.36. The number of carbonyl (C=O) groups excluding carboxylic acids is 4. The summed E-state index contributed by atoms with van der Waals surface area (Å²) in [6, 6.07) is -6.81. The molecule has 0 saturated carbocycles. The maximum atomic E-state index is 12.8. The fourth-order valence-corrected chi connectivity index (χ4v) is 11.0. The molecule has 0 bridgehead atoms. The van der Waals surface area contributed by atoms with Crippen LogP contribution in [0.4, 0.5) is 0 Å². The van der Waals surface area contributed by atoms with Gasteiger partial charge in [0.25, 0.3) is 0 Å². The van der Waals surface area contributed by atoms with E-state index < -0.39 is 278 Å². The van der Waals surface area contributed by atoms with Crippen LogP contribution in [-0.2, 0) is 76.0 Å². The lowest BCUT2D eigenvalue weighted by Gasteiger charge is -2.51. The maximum absolute atomic E-state index is 12.8. The molecular formula is C50H86N4O35. The minimum Gasteiger partial charge on any atom is -0.394 e. The smallest absolute Gasteiger partial charge is 0.217 e. The van der Waals surface area contributed by atoms with Crippen molar-refractivity contribution in [3.8, 4) is 0 Å². The molecule has 39 heteroatoms. The average Bonchev–Trinajstić information content (AvgIpc) is 0.908. The van der Waals surface area contributed by atoms with Crippen LogP contribution in [0.3, 0.4) is 0 Å². The fourth-order valence-electron chi connectivity index (χ4n) is 11.0. The third kappa shape index (κ3) is 17.5. The Balaban J connectivity index is 1.25. The van der Waals surface area contributed by atoms with E-state index in [-0.39, 0.29) is 0 Å². The standard InChI is InChI=1S/C50H86N4O35/c1-13-28(66)36(74)38(76)48(79-13)89-44-43(88-47-26(53-16(4)63)34(72)31(69)21(8-57)81-47)32(70)22(9-58)82-50(44)87-41-23(10-59)83-45(27(35(41)73)54-17(5)64)78-12-19(65)29(67)40(18(6-55)51-14(2)61)85-49-39(77)37(75)42(24(11-60)84-49)86-46-25(52-15(3)62)33(71)30(68)20(7-56)80-46/h13,18-50,55-60,65-77H,6-12H2,1-5H3,(H,51,61)(H,52,62)(H,53,63)(H,54,64)/t13-,18-,19+,20+,21+,22+,23+,24+,25+,26+,27+,28+,29-,30+,31-,32-,33+,34+,35+,36+,37+,38-,39+,40+,41+,42-,43-,44+,45+,46+,47+,48-,49-,50-/m0/s1. The molecule has 0 aromatic rings. The van der Waals surface area contributed by atoms with Crippen molar-refractivity contribution in [3.63, 3.8) is 0 Å². The van der Waals surface area contributed by atoms with Crippen molar-refractivity contribution in [2.75, 3.05) is 46.2 Å². The molecule has 0 aromatic heterocycles. The van der Waals surface area contributed by atoms with Crippen molar-refractivity contribution in [2.24, 2.45) is 0 Å². The predicted octanol–water partition coefficient (Wildman–Crippen LogP) is -15.0. The highest BCUT2D eigenvalue weighted by Gasteiger charge is 2.58. The number of hydrogen-bond acceptors (Lipinski definition) is 35. The molecule has 39 nitrogen and oxygen atoms in total. The molecule has 34 atom stereocenters. The summed E-state index contributed by atoms with van der Waals surface area (Å²) in [4.78, 5) is 49.6. The van der Waals surface area contributed by atoms with Gasteiger partial charge in [0, 0.05) is 27.7 Å². The van der Waals surface area contributed by atoms with Crippen molar-refractivity contribution in [1.29, 1.82) is 0 Å². The van der Waals surface area contributed by atoms with Crippen LogP contribution in [0.2, 0.25) is 0 Å². The summed E-state index contributed by atoms with van der Waals surface area (Å²) >= 11 is 0. The quantitative estimate of drug-likeness (QED) is 0.0382. The first-order valence-corrected chi connectivity index (χ1v) is 28.4. The Morgan fingerprint density at radius 1 is 0.404 bits per heavy atom. The summed E-state index contributed by atoms with van der Waals surface area (Å²) in [5, 5.41) is 217. The molecule has 6 saturated heterocycles. The van der Waals surface area contributed by atoms with E-state index in [9.17, 15) is 116 Å². The van der Waals surface area contributed by atoms with Gasteiger partial charge in [-0.25, -0.2) is 0 Å². The Morgan fingerprint density at radius 2 is 0.809 bits per heavy atom. The Morgan fingerprint density at radius 3 is 1.28 bits per heavy atom. The van der Waals surface area contributed by atoms with Crippen LogP contribution in [0.5, 0.6) is 0 Å². The van der Waals surface area contributed by atoms with Crippen LogP contribution in [0.1, 0.15) is 34.6 Å². The van der Waals surface area contributed by atoms with Crippen molar-refractivity contribution in [1.82, 2.24) is 21.3 Å². The number of rotatable bonds is 26. The van der Waals surface area contributed by atoms with Gasteiger partial charge in [-0.2, -0.15) is 0 Å². The van der Waals surface area contributed by atoms with Gasteiger partial charge in [-0.15, -0.1) is 0 Å². The largest absolute Gasteiger partial charge is 0.394 e. The molecule has 6 rings (SSSR count). The molecule has 6 heterocycles. The van der Waals surface area contributed by atoms with Gasteiger partial charge in [0.05, 0.1) is 58.4 Å². The van der Waals surface area contributed by atoms with Crippen molar-refractivity contribution in [2.45, 2.75) is 243 Å². The zero-order valence-corrected chi connectivity index (χ0v) is 48.6. The molecule has 23 N–H and O–H groups in total. The highest BCUT2D eigenvalue weighted by atomic mass is 16.8. The molecule has 4 amide bonds. The molecule has 0 spiro atoms. The Kier molecular flexibility index (Phi) is 27.8. The van der Waals surface area contributed by atoms with E-state index >= 15 is 0 Å². The minimum absolute atomic E-state index is 0.753. The number of hydrogen-bond donors (Lipinski definition) is 23. The molecule has 0 aliphatic carbocycles. The van der Waals surface area contributed by atoms with E-state index in [2.05, 4.69) is 21.3 Å². The summed E-state index contributed by atoms with van der Waals surface area (Å²) in [5.41, 5.74) is 0. The lowest BCUT2D eigenvalue weighted by atomic mass is 9.94. The number of ether oxygens (including phenoxy) is 12. The van der Waals surface area contributed by atoms with Gasteiger partial charge in [0.15, 0.2) is 37.7 Å². The predicted molar refractivity (Wildman–Crippen MR) is 279 cm³/mol. The summed E-state index contributed by atoms with van der Waals surface area (Å²) in [7, 11) is 0. The molecule has 0 radical (unpaired) electrons. The zero-order valence-electron chi connectivity index (χ0n) is 48.6. The first kappa shape index (κ1) is 74.7. The first-order valence-electron chi connectivity index (χ1n) is 28.4. The summed E-state index contributed by atoms with van der Waals surface area (Å²) < 4.78 is 70.4. The van der Waals surface area contributed by atoms with E-state index in [1.807, 2.05) is 0 Å². The monoisotopic (exact) mass is 1300 g/mol. The van der Waals surface area contributed by atoms with Gasteiger partial charge in [-0.3, -0.25) is 19.2 Å². The van der Waals surface area contributed by atoms with Gasteiger partial charge in [0.2, 0.25) is 23.6 Å². The molecule has 6 aliphatic rings. The molecule has 0 aromatic carbocycles. The molecule has 89 heavy (non-hydrogen) atoms. The van der Waals surface area contributed by atoms with E-state index in [0.29, 0.717) is 0 Å². The number of carbonyl (C=O) groups is 4. The summed E-state index contributed by atoms with van der Waals surface area (Å²) in [5.74, 6) is -3.31. The third-order valence-corrected chi connectivity index (χ3v) is 15.8. The number of aliphatic hydroxyl groups excluding tert-OH is 19. The normalized spacial score (nSPS) is 44.3. The summed E-state index contributed by atoms with van der Waals surface area (Å²) in [6.07, 6.45) is -58.1. The van der Waals surface area contributed by atoms with Crippen LogP contribution < -0.4 is 21.3 Å². The van der Waals surface area contributed by atoms with Gasteiger partial charge in [-0.05, 0) is 6.92 Å². The van der Waals surface area contributed by atoms with Crippen molar-refractivity contribution in [3.05, 3.63) is 0 Å². The van der Waals surface area contributed by atoms with Crippen LogP contribution >= 0.6 is 0 Å². The Bertz CT molecular complexity index is 2240. The van der Waals surface area contributed by atoms with Crippen molar-refractivity contribution < 1.29 is 173 Å². The second-order valence-corrected chi connectivity index (χ2v) is 22.3. The maximum Gasteiger partial charge on any atom is 0.217 e. The molecule has 516 valence electrons. The minimum atomic E-state index is -2.36. The van der Waals surface area contributed by atoms with Crippen LogP contribution in [0, 0.1) is 0 Å². The average molecular weight is 1300 g/mol. The van der Waals surface area contributed by atoms with Gasteiger partial charge < -0.3 is 175 Å². The van der Waals surface area contributed by atoms with Crippen LogP contribution in [0.25, 0.3) is 0 Å². The second-order valence-electron chi connectivity index (χ2n) is 22.3. The van der Waals surface area contributed by atoms with Crippen molar-refractivity contribution >= 4 is 23.6 Å². The summed E-state index contributed by atoms with van der Waals surface area (Å²) in [6.45, 7) is -1.95. The van der Waals surface area contributed by atoms with Gasteiger partial charge in [0.1, 0.15) is 159 Å². The SMILES string of the molecule is CC(=O)N[C@H]1[C@H](OC[C@@H](O)[C@H](O)[C@H](O[C@@H]2O[C@H](CO)[C@H](O[C@H]3O[C@H](CO)[C@@H](O)[C@H](O)[C@H]3NC(C)=O)[C@H](O)[C@H]2O)[C@H](CO)NC(C)=O)O[C@H](CO)[C@@H](O[C@@H]2O[C@H](CO)[C@H](O)[C@H](O[C@H]3O[C@H](CO)[C@H](O)[C@H](O)[C@H]3NC(C)=O)[C@H]2O[C@@H]2O[C@@H](C)[C@@H](O)[C@@H](O)[C@@H]2O)[C@@H]1O. The molecule has 6 aliphatic heterocycles. The van der Waals surface area contributed by atoms with E-state index in [1.165, 1.54) is 6.92 Å². The van der Waals surface area contributed by atoms with E-state index in [4.69, 9.17) is 56.8 Å². The fraction of sp³-hybridized carbons (Fsp3) is 0.920. The zero-order chi connectivity index (χ0) is 66.2. The number of aliphatic hydroxyl groups is 19. The highest BCUT2D eigenvalue weighted by molar-refractivity contribution is 5.74. The van der Waals surface area contributed by atoms with Crippen LogP contribution in [-0.4, -0.2) is 375 Å².